The molecule has 4 aliphatic carbocycles. The normalized spacial score (nSPS) is 39.6. The second-order valence-corrected chi connectivity index (χ2v) is 8.94. The molecule has 5 fully saturated rings. The molecule has 1 aromatic heterocycles. The van der Waals surface area contributed by atoms with Crippen molar-refractivity contribution in [2.45, 2.75) is 62.7 Å². The van der Waals surface area contributed by atoms with Crippen molar-refractivity contribution >= 4 is 11.9 Å². The van der Waals surface area contributed by atoms with Gasteiger partial charge in [0.1, 0.15) is 6.10 Å². The summed E-state index contributed by atoms with van der Waals surface area (Å²) in [5.41, 5.74) is 0.721. The molecule has 1 aromatic rings. The number of aromatic nitrogens is 2. The molecule has 27 heavy (non-hydrogen) atoms. The summed E-state index contributed by atoms with van der Waals surface area (Å²) in [6.45, 7) is 0.706. The van der Waals surface area contributed by atoms with Crippen LogP contribution in [-0.4, -0.2) is 46.3 Å². The van der Waals surface area contributed by atoms with Crippen LogP contribution in [0.3, 0.4) is 0 Å². The second kappa shape index (κ2) is 6.41. The van der Waals surface area contributed by atoms with E-state index in [2.05, 4.69) is 20.6 Å². The first-order chi connectivity index (χ1) is 13.0. The van der Waals surface area contributed by atoms with E-state index >= 15 is 0 Å². The highest BCUT2D eigenvalue weighted by atomic mass is 16.5. The fourth-order valence-corrected chi connectivity index (χ4v) is 6.18. The summed E-state index contributed by atoms with van der Waals surface area (Å²) in [4.78, 5) is 22.0. The van der Waals surface area contributed by atoms with Crippen molar-refractivity contribution < 1.29 is 14.6 Å². The molecule has 6 rings (SSSR count). The Bertz CT molecular complexity index is 733. The number of hydrogen-bond donors (Lipinski definition) is 3. The van der Waals surface area contributed by atoms with E-state index in [-0.39, 0.29) is 18.1 Å². The summed E-state index contributed by atoms with van der Waals surface area (Å²) in [5.74, 6) is 1.80. The summed E-state index contributed by atoms with van der Waals surface area (Å²) in [7, 11) is 1.77. The Morgan fingerprint density at radius 2 is 2.07 bits per heavy atom. The zero-order valence-electron chi connectivity index (χ0n) is 15.8. The van der Waals surface area contributed by atoms with Crippen LogP contribution in [-0.2, 0) is 4.74 Å². The molecule has 4 bridgehead atoms. The molecule has 3 atom stereocenters. The maximum Gasteiger partial charge on any atom is 0.255 e. The summed E-state index contributed by atoms with van der Waals surface area (Å²) in [6.07, 6.45) is 8.17. The summed E-state index contributed by atoms with van der Waals surface area (Å²) < 4.78 is 5.80. The lowest BCUT2D eigenvalue weighted by Gasteiger charge is -2.58. The molecule has 1 saturated heterocycles. The van der Waals surface area contributed by atoms with Gasteiger partial charge < -0.3 is 20.5 Å². The van der Waals surface area contributed by atoms with Crippen LogP contribution in [0.25, 0.3) is 0 Å². The van der Waals surface area contributed by atoms with E-state index in [1.165, 1.54) is 0 Å². The molecule has 7 nitrogen and oxygen atoms in total. The van der Waals surface area contributed by atoms with Gasteiger partial charge in [-0.3, -0.25) is 4.79 Å². The Kier molecular flexibility index (Phi) is 4.13. The zero-order chi connectivity index (χ0) is 18.6. The van der Waals surface area contributed by atoms with Gasteiger partial charge in [-0.1, -0.05) is 0 Å². The monoisotopic (exact) mass is 372 g/mol. The minimum absolute atomic E-state index is 0.104. The van der Waals surface area contributed by atoms with Crippen LogP contribution in [0.5, 0.6) is 0 Å². The number of ether oxygens (including phenoxy) is 1. The van der Waals surface area contributed by atoms with Gasteiger partial charge in [-0.15, -0.1) is 0 Å². The number of nitrogens with zero attached hydrogens (tertiary/aromatic N) is 2. The predicted octanol–water partition coefficient (Wildman–Crippen LogP) is 2.04. The first-order valence-corrected chi connectivity index (χ1v) is 10.2. The van der Waals surface area contributed by atoms with Crippen molar-refractivity contribution in [1.29, 1.82) is 0 Å². The number of amides is 1. The highest BCUT2D eigenvalue weighted by molar-refractivity contribution is 5.95. The van der Waals surface area contributed by atoms with Crippen LogP contribution in [0.15, 0.2) is 6.20 Å². The minimum atomic E-state index is -0.488. The van der Waals surface area contributed by atoms with Gasteiger partial charge in [-0.25, -0.2) is 9.97 Å². The van der Waals surface area contributed by atoms with Gasteiger partial charge in [0, 0.05) is 25.9 Å². The van der Waals surface area contributed by atoms with Crippen LogP contribution in [0.4, 0.5) is 5.95 Å². The molecule has 146 valence electrons. The number of nitrogens with one attached hydrogen (secondary N) is 2. The fourth-order valence-electron chi connectivity index (χ4n) is 6.18. The van der Waals surface area contributed by atoms with Crippen molar-refractivity contribution in [2.24, 2.45) is 17.8 Å². The second-order valence-electron chi connectivity index (χ2n) is 8.94. The van der Waals surface area contributed by atoms with Gasteiger partial charge in [0.2, 0.25) is 5.95 Å². The molecule has 2 heterocycles. The first-order valence-electron chi connectivity index (χ1n) is 10.2. The largest absolute Gasteiger partial charge is 0.390 e. The Hall–Kier alpha value is -1.73. The van der Waals surface area contributed by atoms with Crippen LogP contribution >= 0.6 is 0 Å². The summed E-state index contributed by atoms with van der Waals surface area (Å²) in [6, 6.07) is 0.149. The van der Waals surface area contributed by atoms with Crippen molar-refractivity contribution in [2.75, 3.05) is 19.0 Å². The maximum atomic E-state index is 13.2. The topological polar surface area (TPSA) is 96.4 Å². The smallest absolute Gasteiger partial charge is 0.255 e. The number of rotatable bonds is 4. The Labute approximate surface area is 159 Å². The molecule has 3 unspecified atom stereocenters. The highest BCUT2D eigenvalue weighted by Crippen LogP contribution is 2.55. The molecule has 7 heteroatoms. The summed E-state index contributed by atoms with van der Waals surface area (Å²) in [5, 5.41) is 17.0. The van der Waals surface area contributed by atoms with E-state index in [1.807, 2.05) is 0 Å². The van der Waals surface area contributed by atoms with E-state index in [0.29, 0.717) is 41.6 Å². The molecular weight excluding hydrogens is 344 g/mol. The highest BCUT2D eigenvalue weighted by Gasteiger charge is 2.55. The van der Waals surface area contributed by atoms with Gasteiger partial charge in [0.05, 0.1) is 16.9 Å². The SMILES string of the molecule is CNc1ncc(C(=O)N[C@H]2C3CC4CC2C[C@@](O)(C4)C3)c(C2CCCO2)n1. The molecule has 0 aromatic carbocycles. The van der Waals surface area contributed by atoms with Crippen LogP contribution in [0, 0.1) is 17.8 Å². The van der Waals surface area contributed by atoms with Gasteiger partial charge in [-0.2, -0.15) is 0 Å². The number of carbonyl (C=O) groups excluding carboxylic acids is 1. The van der Waals surface area contributed by atoms with Crippen molar-refractivity contribution in [1.82, 2.24) is 15.3 Å². The third-order valence-corrected chi connectivity index (χ3v) is 7.06. The molecule has 5 aliphatic rings. The van der Waals surface area contributed by atoms with E-state index in [0.717, 1.165) is 44.9 Å². The lowest BCUT2D eigenvalue weighted by Crippen LogP contribution is -2.61. The van der Waals surface area contributed by atoms with Crippen molar-refractivity contribution in [3.63, 3.8) is 0 Å². The van der Waals surface area contributed by atoms with Gasteiger partial charge in [-0.05, 0) is 62.7 Å². The van der Waals surface area contributed by atoms with E-state index < -0.39 is 5.60 Å². The predicted molar refractivity (Wildman–Crippen MR) is 99.3 cm³/mol. The van der Waals surface area contributed by atoms with Gasteiger partial charge >= 0.3 is 0 Å². The fraction of sp³-hybridized carbons (Fsp3) is 0.750. The molecular formula is C20H28N4O3. The molecule has 0 spiro atoms. The lowest BCUT2D eigenvalue weighted by atomic mass is 9.52. The van der Waals surface area contributed by atoms with E-state index in [1.54, 1.807) is 13.2 Å². The average Bonchev–Trinajstić information content (AvgIpc) is 3.17. The van der Waals surface area contributed by atoms with Crippen LogP contribution < -0.4 is 10.6 Å². The third-order valence-electron chi connectivity index (χ3n) is 7.06. The van der Waals surface area contributed by atoms with Crippen molar-refractivity contribution in [3.05, 3.63) is 17.5 Å². The third kappa shape index (κ3) is 3.01. The Morgan fingerprint density at radius 3 is 2.70 bits per heavy atom. The molecule has 0 radical (unpaired) electrons. The summed E-state index contributed by atoms with van der Waals surface area (Å²) >= 11 is 0. The number of carbonyl (C=O) groups is 1. The van der Waals surface area contributed by atoms with Crippen LogP contribution in [0.1, 0.15) is 67.1 Å². The molecule has 4 saturated carbocycles. The van der Waals surface area contributed by atoms with Crippen molar-refractivity contribution in [3.8, 4) is 0 Å². The number of aliphatic hydroxyl groups is 1. The number of hydrogen-bond acceptors (Lipinski definition) is 6. The first kappa shape index (κ1) is 17.4. The average molecular weight is 372 g/mol. The van der Waals surface area contributed by atoms with E-state index in [4.69, 9.17) is 4.74 Å². The molecule has 3 N–H and O–H groups in total. The lowest BCUT2D eigenvalue weighted by molar-refractivity contribution is -0.136. The zero-order valence-corrected chi connectivity index (χ0v) is 15.8. The van der Waals surface area contributed by atoms with Gasteiger partial charge in [0.25, 0.3) is 5.91 Å². The minimum Gasteiger partial charge on any atom is -0.390 e. The standard InChI is InChI=1S/C20H28N4O3/c1-21-19-22-10-14(17(24-19)15-3-2-4-27-15)18(25)23-16-12-5-11-6-13(16)9-20(26,7-11)8-12/h10-13,15-16,26H,2-9H2,1H3,(H,23,25)(H,21,22,24)/t11?,12?,13?,15?,16-,20+. The Morgan fingerprint density at radius 1 is 1.30 bits per heavy atom. The number of anilines is 1. The quantitative estimate of drug-likeness (QED) is 0.748. The maximum absolute atomic E-state index is 13.2. The Balaban J connectivity index is 1.38. The van der Waals surface area contributed by atoms with Gasteiger partial charge in [0.15, 0.2) is 0 Å². The van der Waals surface area contributed by atoms with Crippen LogP contribution in [0.2, 0.25) is 0 Å². The molecule has 1 amide bonds. The van der Waals surface area contributed by atoms with E-state index in [9.17, 15) is 9.90 Å². The molecule has 1 aliphatic heterocycles.